The van der Waals surface area contributed by atoms with Gasteiger partial charge in [0.05, 0.1) is 40.7 Å². The molecule has 1 unspecified atom stereocenters. The molecule has 10 heteroatoms. The van der Waals surface area contributed by atoms with Gasteiger partial charge in [-0.3, -0.25) is 9.36 Å². The number of carbonyl (C=O) groups is 1. The van der Waals surface area contributed by atoms with Gasteiger partial charge in [-0.15, -0.1) is 10.2 Å². The lowest BCUT2D eigenvalue weighted by Crippen LogP contribution is -2.38. The Balaban J connectivity index is 1.54. The Hall–Kier alpha value is -2.26. The van der Waals surface area contributed by atoms with E-state index in [1.165, 1.54) is 11.8 Å². The number of rotatable bonds is 7. The summed E-state index contributed by atoms with van der Waals surface area (Å²) in [6.45, 7) is 5.24. The molecule has 168 valence electrons. The Bertz CT molecular complexity index is 1070. The average Bonchev–Trinajstić information content (AvgIpc) is 3.20. The number of nitrogens with one attached hydrogen (secondary N) is 1. The van der Waals surface area contributed by atoms with E-state index in [0.717, 1.165) is 24.6 Å². The van der Waals surface area contributed by atoms with E-state index in [0.29, 0.717) is 40.6 Å². The predicted molar refractivity (Wildman–Crippen MR) is 129 cm³/mol. The van der Waals surface area contributed by atoms with Crippen LogP contribution in [0.2, 0.25) is 10.0 Å². The second-order valence-electron chi connectivity index (χ2n) is 7.30. The molecule has 32 heavy (non-hydrogen) atoms. The second kappa shape index (κ2) is 10.6. The Morgan fingerprint density at radius 1 is 1.12 bits per heavy atom. The second-order valence-corrected chi connectivity index (χ2v) is 9.40. The number of hydrogen-bond donors (Lipinski definition) is 1. The number of benzene rings is 2. The first-order valence-electron chi connectivity index (χ1n) is 10.2. The zero-order valence-electron chi connectivity index (χ0n) is 17.5. The molecule has 1 amide bonds. The summed E-state index contributed by atoms with van der Waals surface area (Å²) in [5, 5.41) is 12.7. The summed E-state index contributed by atoms with van der Waals surface area (Å²) in [5.41, 5.74) is 1.61. The van der Waals surface area contributed by atoms with E-state index in [9.17, 15) is 4.79 Å². The van der Waals surface area contributed by atoms with Gasteiger partial charge in [-0.2, -0.15) is 0 Å². The lowest BCUT2D eigenvalue weighted by atomic mass is 10.2. The van der Waals surface area contributed by atoms with Crippen LogP contribution in [0.4, 0.5) is 11.6 Å². The average molecular weight is 492 g/mol. The van der Waals surface area contributed by atoms with Crippen LogP contribution in [-0.2, 0) is 16.1 Å². The van der Waals surface area contributed by atoms with E-state index in [-0.39, 0.29) is 5.91 Å². The van der Waals surface area contributed by atoms with Crippen LogP contribution in [-0.4, -0.2) is 52.2 Å². The molecule has 1 N–H and O–H groups in total. The topological polar surface area (TPSA) is 72.3 Å². The SMILES string of the molecule is CC(Sc1nnc(N2CCOCC2)n1Cc1ccccc1)C(=O)Nc1cccc(Cl)c1Cl. The summed E-state index contributed by atoms with van der Waals surface area (Å²) in [7, 11) is 0. The molecule has 2 aromatic carbocycles. The van der Waals surface area contributed by atoms with E-state index >= 15 is 0 Å². The molecule has 1 aliphatic rings. The molecule has 1 fully saturated rings. The van der Waals surface area contributed by atoms with Gasteiger partial charge in [0.15, 0.2) is 5.16 Å². The molecule has 2 heterocycles. The number of thioether (sulfide) groups is 1. The van der Waals surface area contributed by atoms with E-state index in [4.69, 9.17) is 27.9 Å². The maximum Gasteiger partial charge on any atom is 0.237 e. The van der Waals surface area contributed by atoms with E-state index in [2.05, 4.69) is 37.1 Å². The number of aromatic nitrogens is 3. The maximum absolute atomic E-state index is 12.8. The van der Waals surface area contributed by atoms with E-state index in [1.807, 2.05) is 25.1 Å². The summed E-state index contributed by atoms with van der Waals surface area (Å²) in [6, 6.07) is 15.3. The van der Waals surface area contributed by atoms with Gasteiger partial charge >= 0.3 is 0 Å². The quantitative estimate of drug-likeness (QED) is 0.487. The van der Waals surface area contributed by atoms with E-state index < -0.39 is 5.25 Å². The number of anilines is 2. The first-order valence-corrected chi connectivity index (χ1v) is 11.9. The van der Waals surface area contributed by atoms with Crippen molar-refractivity contribution in [2.45, 2.75) is 23.9 Å². The van der Waals surface area contributed by atoms with Crippen LogP contribution in [0.25, 0.3) is 0 Å². The van der Waals surface area contributed by atoms with Crippen LogP contribution in [0.1, 0.15) is 12.5 Å². The van der Waals surface area contributed by atoms with Crippen molar-refractivity contribution in [2.24, 2.45) is 0 Å². The first kappa shape index (κ1) is 22.9. The first-order chi connectivity index (χ1) is 15.5. The monoisotopic (exact) mass is 491 g/mol. The number of nitrogens with zero attached hydrogens (tertiary/aromatic N) is 4. The Labute approximate surface area is 201 Å². The van der Waals surface area contributed by atoms with Gasteiger partial charge in [0, 0.05) is 13.1 Å². The fourth-order valence-corrected chi connectivity index (χ4v) is 4.51. The van der Waals surface area contributed by atoms with Gasteiger partial charge in [0.25, 0.3) is 0 Å². The standard InChI is InChI=1S/C22H23Cl2N5O2S/c1-15(20(30)25-18-9-5-8-17(23)19(18)24)32-22-27-26-21(28-10-12-31-13-11-28)29(22)14-16-6-3-2-4-7-16/h2-9,15H,10-14H2,1H3,(H,25,30). The molecule has 3 aromatic rings. The van der Waals surface area contributed by atoms with Crippen LogP contribution in [0, 0.1) is 0 Å². The van der Waals surface area contributed by atoms with Gasteiger partial charge in [-0.25, -0.2) is 0 Å². The van der Waals surface area contributed by atoms with Gasteiger partial charge in [-0.1, -0.05) is 71.4 Å². The lowest BCUT2D eigenvalue weighted by Gasteiger charge is -2.28. The normalized spacial score (nSPS) is 14.9. The molecule has 0 spiro atoms. The molecule has 1 saturated heterocycles. The molecule has 0 aliphatic carbocycles. The molecule has 4 rings (SSSR count). The van der Waals surface area contributed by atoms with Crippen LogP contribution in [0.15, 0.2) is 53.7 Å². The minimum absolute atomic E-state index is 0.193. The van der Waals surface area contributed by atoms with Crippen molar-refractivity contribution in [3.63, 3.8) is 0 Å². The molecule has 0 saturated carbocycles. The molecule has 7 nitrogen and oxygen atoms in total. The number of morpholine rings is 1. The van der Waals surface area contributed by atoms with E-state index in [1.54, 1.807) is 18.2 Å². The van der Waals surface area contributed by atoms with Crippen molar-refractivity contribution >= 4 is 52.5 Å². The van der Waals surface area contributed by atoms with Crippen LogP contribution in [0.5, 0.6) is 0 Å². The molecule has 0 radical (unpaired) electrons. The van der Waals surface area contributed by atoms with Crippen molar-refractivity contribution < 1.29 is 9.53 Å². The minimum atomic E-state index is -0.429. The van der Waals surface area contributed by atoms with Crippen molar-refractivity contribution in [1.82, 2.24) is 14.8 Å². The zero-order chi connectivity index (χ0) is 22.5. The highest BCUT2D eigenvalue weighted by molar-refractivity contribution is 8.00. The fraction of sp³-hybridized carbons (Fsp3) is 0.318. The Morgan fingerprint density at radius 3 is 2.62 bits per heavy atom. The van der Waals surface area contributed by atoms with Crippen LogP contribution < -0.4 is 10.2 Å². The van der Waals surface area contributed by atoms with Crippen molar-refractivity contribution in [1.29, 1.82) is 0 Å². The summed E-state index contributed by atoms with van der Waals surface area (Å²) < 4.78 is 7.54. The van der Waals surface area contributed by atoms with Gasteiger partial charge < -0.3 is 15.0 Å². The lowest BCUT2D eigenvalue weighted by molar-refractivity contribution is -0.115. The minimum Gasteiger partial charge on any atom is -0.378 e. The van der Waals surface area contributed by atoms with Gasteiger partial charge in [0.1, 0.15) is 0 Å². The van der Waals surface area contributed by atoms with Crippen LogP contribution >= 0.6 is 35.0 Å². The summed E-state index contributed by atoms with van der Waals surface area (Å²) in [4.78, 5) is 15.0. The van der Waals surface area contributed by atoms with Crippen molar-refractivity contribution in [2.75, 3.05) is 36.5 Å². The zero-order valence-corrected chi connectivity index (χ0v) is 19.8. The van der Waals surface area contributed by atoms with Crippen LogP contribution in [0.3, 0.4) is 0 Å². The number of hydrogen-bond acceptors (Lipinski definition) is 6. The summed E-state index contributed by atoms with van der Waals surface area (Å²) in [6.07, 6.45) is 0. The number of carbonyl (C=O) groups excluding carboxylic acids is 1. The Morgan fingerprint density at radius 2 is 1.88 bits per heavy atom. The molecule has 1 atom stereocenters. The van der Waals surface area contributed by atoms with Crippen molar-refractivity contribution in [3.05, 3.63) is 64.1 Å². The largest absolute Gasteiger partial charge is 0.378 e. The molecule has 1 aromatic heterocycles. The number of amides is 1. The third-order valence-corrected chi connectivity index (χ3v) is 6.94. The smallest absolute Gasteiger partial charge is 0.237 e. The predicted octanol–water partition coefficient (Wildman–Crippen LogP) is 4.59. The van der Waals surface area contributed by atoms with Gasteiger partial charge in [0.2, 0.25) is 11.9 Å². The molecular formula is C22H23Cl2N5O2S. The summed E-state index contributed by atoms with van der Waals surface area (Å²) in [5.74, 6) is 0.589. The molecule has 1 aliphatic heterocycles. The Kier molecular flexibility index (Phi) is 7.57. The molecular weight excluding hydrogens is 469 g/mol. The third kappa shape index (κ3) is 5.38. The highest BCUT2D eigenvalue weighted by Crippen LogP contribution is 2.31. The summed E-state index contributed by atoms with van der Waals surface area (Å²) >= 11 is 13.6. The third-order valence-electron chi connectivity index (χ3n) is 5.04. The highest BCUT2D eigenvalue weighted by Gasteiger charge is 2.24. The van der Waals surface area contributed by atoms with Gasteiger partial charge in [-0.05, 0) is 24.6 Å². The maximum atomic E-state index is 12.8. The highest BCUT2D eigenvalue weighted by atomic mass is 35.5. The molecule has 0 bridgehead atoms. The number of halogens is 2. The fourth-order valence-electron chi connectivity index (χ4n) is 3.32. The number of ether oxygens (including phenoxy) is 1. The van der Waals surface area contributed by atoms with Crippen molar-refractivity contribution in [3.8, 4) is 0 Å².